The number of nitrogens with two attached hydrogens (primary N) is 1. The number of hydrogen-bond donors (Lipinski definition) is 2. The number of rotatable bonds is 5. The van der Waals surface area contributed by atoms with Crippen molar-refractivity contribution >= 4 is 17.8 Å². The van der Waals surface area contributed by atoms with Crippen molar-refractivity contribution in [3.63, 3.8) is 0 Å². The van der Waals surface area contributed by atoms with Gasteiger partial charge in [-0.25, -0.2) is 0 Å². The van der Waals surface area contributed by atoms with E-state index in [4.69, 9.17) is 5.73 Å². The lowest BCUT2D eigenvalue weighted by Crippen LogP contribution is -2.32. The van der Waals surface area contributed by atoms with Gasteiger partial charge in [0.1, 0.15) is 0 Å². The van der Waals surface area contributed by atoms with Gasteiger partial charge < -0.3 is 16.0 Å². The summed E-state index contributed by atoms with van der Waals surface area (Å²) in [7, 11) is 0. The molecule has 2 rings (SSSR count). The van der Waals surface area contributed by atoms with Crippen molar-refractivity contribution in [3.8, 4) is 0 Å². The molecule has 20 heavy (non-hydrogen) atoms. The average Bonchev–Trinajstić information content (AvgIpc) is 2.70. The van der Waals surface area contributed by atoms with Crippen molar-refractivity contribution < 1.29 is 0 Å². The highest BCUT2D eigenvalue weighted by Gasteiger charge is 2.34. The van der Waals surface area contributed by atoms with E-state index in [0.29, 0.717) is 17.9 Å². The van der Waals surface area contributed by atoms with Gasteiger partial charge in [0.25, 0.3) is 0 Å². The molecule has 1 aliphatic carbocycles. The van der Waals surface area contributed by atoms with Gasteiger partial charge in [0, 0.05) is 19.1 Å². The highest BCUT2D eigenvalue weighted by molar-refractivity contribution is 5.42. The minimum atomic E-state index is 0.275. The Kier molecular flexibility index (Phi) is 4.30. The molecule has 1 aromatic rings. The second-order valence-corrected chi connectivity index (χ2v) is 6.07. The van der Waals surface area contributed by atoms with Gasteiger partial charge in [-0.1, -0.05) is 20.3 Å². The van der Waals surface area contributed by atoms with Crippen molar-refractivity contribution in [1.29, 1.82) is 0 Å². The fraction of sp³-hybridized carbons (Fsp3) is 0.786. The van der Waals surface area contributed by atoms with E-state index in [1.54, 1.807) is 0 Å². The van der Waals surface area contributed by atoms with E-state index in [-0.39, 0.29) is 11.4 Å². The molecule has 0 radical (unpaired) electrons. The van der Waals surface area contributed by atoms with Crippen LogP contribution in [0.1, 0.15) is 47.0 Å². The maximum atomic E-state index is 5.82. The standard InChI is InChI=1S/C14H26N6/c1-5-20(6-2)13-18-11(15)17-12(19-13)16-10-8-7-9-14(10,3)4/h10H,5-9H2,1-4H3,(H3,15,16,17,18,19). The zero-order chi connectivity index (χ0) is 14.8. The third-order valence-corrected chi connectivity index (χ3v) is 4.25. The van der Waals surface area contributed by atoms with Crippen LogP contribution in [0.3, 0.4) is 0 Å². The Morgan fingerprint density at radius 2 is 1.95 bits per heavy atom. The summed E-state index contributed by atoms with van der Waals surface area (Å²) in [5, 5.41) is 3.45. The fourth-order valence-corrected chi connectivity index (χ4v) is 2.84. The van der Waals surface area contributed by atoms with Crippen LogP contribution in [0.5, 0.6) is 0 Å². The SMILES string of the molecule is CCN(CC)c1nc(N)nc(NC2CCCC2(C)C)n1. The van der Waals surface area contributed by atoms with Crippen LogP contribution >= 0.6 is 0 Å². The van der Waals surface area contributed by atoms with Crippen LogP contribution in [-0.2, 0) is 0 Å². The Bertz CT molecular complexity index is 455. The summed E-state index contributed by atoms with van der Waals surface area (Å²) in [5.41, 5.74) is 6.09. The van der Waals surface area contributed by atoms with Crippen LogP contribution < -0.4 is 16.0 Å². The predicted octanol–water partition coefficient (Wildman–Crippen LogP) is 2.29. The molecule has 3 N–H and O–H groups in total. The van der Waals surface area contributed by atoms with Crippen LogP contribution in [0.15, 0.2) is 0 Å². The zero-order valence-electron chi connectivity index (χ0n) is 13.0. The first-order chi connectivity index (χ1) is 9.46. The van der Waals surface area contributed by atoms with Gasteiger partial charge in [0.2, 0.25) is 17.8 Å². The van der Waals surface area contributed by atoms with Crippen LogP contribution in [0.4, 0.5) is 17.8 Å². The van der Waals surface area contributed by atoms with E-state index in [2.05, 4.69) is 52.9 Å². The molecule has 1 saturated carbocycles. The zero-order valence-corrected chi connectivity index (χ0v) is 13.0. The molecule has 0 amide bonds. The summed E-state index contributed by atoms with van der Waals surface area (Å²) < 4.78 is 0. The van der Waals surface area contributed by atoms with Crippen molar-refractivity contribution in [3.05, 3.63) is 0 Å². The molecule has 6 heteroatoms. The van der Waals surface area contributed by atoms with Gasteiger partial charge in [-0.2, -0.15) is 15.0 Å². The quantitative estimate of drug-likeness (QED) is 0.860. The summed E-state index contributed by atoms with van der Waals surface area (Å²) >= 11 is 0. The first kappa shape index (κ1) is 14.8. The second-order valence-electron chi connectivity index (χ2n) is 6.07. The second kappa shape index (κ2) is 5.81. The molecular weight excluding hydrogens is 252 g/mol. The first-order valence-corrected chi connectivity index (χ1v) is 7.49. The number of nitrogens with zero attached hydrogens (tertiary/aromatic N) is 4. The van der Waals surface area contributed by atoms with Gasteiger partial charge in [0.05, 0.1) is 0 Å². The number of nitrogens with one attached hydrogen (secondary N) is 1. The van der Waals surface area contributed by atoms with Crippen LogP contribution in [0.2, 0.25) is 0 Å². The normalized spacial score (nSPS) is 20.9. The molecule has 1 atom stereocenters. The molecule has 1 heterocycles. The molecule has 6 nitrogen and oxygen atoms in total. The molecule has 0 saturated heterocycles. The van der Waals surface area contributed by atoms with Gasteiger partial charge in [-0.05, 0) is 32.1 Å². The lowest BCUT2D eigenvalue weighted by Gasteiger charge is -2.28. The van der Waals surface area contributed by atoms with Crippen molar-refractivity contribution in [2.75, 3.05) is 29.0 Å². The maximum absolute atomic E-state index is 5.82. The largest absolute Gasteiger partial charge is 0.368 e. The van der Waals surface area contributed by atoms with E-state index in [9.17, 15) is 0 Å². The molecule has 1 aromatic heterocycles. The van der Waals surface area contributed by atoms with Crippen molar-refractivity contribution in [2.45, 2.75) is 53.0 Å². The summed E-state index contributed by atoms with van der Waals surface area (Å²) in [6.07, 6.45) is 3.63. The lowest BCUT2D eigenvalue weighted by atomic mass is 9.87. The first-order valence-electron chi connectivity index (χ1n) is 7.49. The molecule has 0 bridgehead atoms. The Labute approximate surface area is 121 Å². The topological polar surface area (TPSA) is 80.0 Å². The third kappa shape index (κ3) is 3.11. The molecule has 1 unspecified atom stereocenters. The Hall–Kier alpha value is -1.59. The molecule has 0 spiro atoms. The predicted molar refractivity (Wildman–Crippen MR) is 82.8 cm³/mol. The van der Waals surface area contributed by atoms with Gasteiger partial charge in [0.15, 0.2) is 0 Å². The Morgan fingerprint density at radius 1 is 1.25 bits per heavy atom. The van der Waals surface area contributed by atoms with Gasteiger partial charge in [-0.15, -0.1) is 0 Å². The van der Waals surface area contributed by atoms with E-state index in [1.165, 1.54) is 12.8 Å². The van der Waals surface area contributed by atoms with E-state index < -0.39 is 0 Å². The minimum Gasteiger partial charge on any atom is -0.368 e. The highest BCUT2D eigenvalue weighted by Crippen LogP contribution is 2.38. The molecule has 112 valence electrons. The van der Waals surface area contributed by atoms with Gasteiger partial charge >= 0.3 is 0 Å². The van der Waals surface area contributed by atoms with Crippen LogP contribution in [0.25, 0.3) is 0 Å². The molecular formula is C14H26N6. The minimum absolute atomic E-state index is 0.275. The van der Waals surface area contributed by atoms with E-state index in [0.717, 1.165) is 19.5 Å². The van der Waals surface area contributed by atoms with E-state index in [1.807, 2.05) is 0 Å². The van der Waals surface area contributed by atoms with E-state index >= 15 is 0 Å². The lowest BCUT2D eigenvalue weighted by molar-refractivity contribution is 0.349. The summed E-state index contributed by atoms with van der Waals surface area (Å²) in [6.45, 7) is 10.4. The third-order valence-electron chi connectivity index (χ3n) is 4.25. The van der Waals surface area contributed by atoms with Gasteiger partial charge in [-0.3, -0.25) is 0 Å². The molecule has 1 aliphatic rings. The number of aromatic nitrogens is 3. The molecule has 1 fully saturated rings. The summed E-state index contributed by atoms with van der Waals surface area (Å²) in [6, 6.07) is 0.397. The Balaban J connectivity index is 2.20. The van der Waals surface area contributed by atoms with Crippen molar-refractivity contribution in [2.24, 2.45) is 5.41 Å². The van der Waals surface area contributed by atoms with Crippen LogP contribution in [-0.4, -0.2) is 34.1 Å². The summed E-state index contributed by atoms with van der Waals surface area (Å²) in [4.78, 5) is 15.0. The number of nitrogen functional groups attached to an aromatic ring is 1. The van der Waals surface area contributed by atoms with Crippen LogP contribution in [0, 0.1) is 5.41 Å². The smallest absolute Gasteiger partial charge is 0.231 e. The highest BCUT2D eigenvalue weighted by atomic mass is 15.3. The number of hydrogen-bond acceptors (Lipinski definition) is 6. The Morgan fingerprint density at radius 3 is 2.50 bits per heavy atom. The van der Waals surface area contributed by atoms with Crippen molar-refractivity contribution in [1.82, 2.24) is 15.0 Å². The fourth-order valence-electron chi connectivity index (χ4n) is 2.84. The average molecular weight is 278 g/mol. The maximum Gasteiger partial charge on any atom is 0.231 e. The number of anilines is 3. The summed E-state index contributed by atoms with van der Waals surface area (Å²) in [5.74, 6) is 1.53. The monoisotopic (exact) mass is 278 g/mol. The molecule has 0 aliphatic heterocycles. The molecule has 0 aromatic carbocycles.